The molecule has 10 aromatic carbocycles. The molecule has 0 unspecified atom stereocenters. The lowest BCUT2D eigenvalue weighted by molar-refractivity contribution is 0.590. The Kier molecular flexibility index (Phi) is 13.4. The van der Waals surface area contributed by atoms with Gasteiger partial charge in [-0.2, -0.15) is 0 Å². The number of rotatable bonds is 1. The molecule has 1 aliphatic carbocycles. The quantitative estimate of drug-likeness (QED) is 0.114. The fourth-order valence-corrected chi connectivity index (χ4v) is 9.68. The predicted octanol–water partition coefficient (Wildman–Crippen LogP) is 19.9. The Labute approximate surface area is 407 Å². The van der Waals surface area contributed by atoms with Gasteiger partial charge in [-0.25, -0.2) is 0 Å². The first-order valence-electron chi connectivity index (χ1n) is 24.5. The van der Waals surface area contributed by atoms with Gasteiger partial charge in [0, 0.05) is 0 Å². The first kappa shape index (κ1) is 47.7. The highest BCUT2D eigenvalue weighted by atomic mass is 14.3. The molecule has 0 fully saturated rings. The predicted molar refractivity (Wildman–Crippen MR) is 302 cm³/mol. The smallest absolute Gasteiger partial charge is 0.00359 e. The molecule has 0 N–H and O–H groups in total. The number of fused-ring (bicyclic) bond motifs is 5. The average molecular weight is 887 g/mol. The Morgan fingerprint density at radius 3 is 1.40 bits per heavy atom. The van der Waals surface area contributed by atoms with E-state index in [1.54, 1.807) is 0 Å². The zero-order valence-electron chi connectivity index (χ0n) is 42.6. The zero-order valence-corrected chi connectivity index (χ0v) is 42.6. The van der Waals surface area contributed by atoms with E-state index in [1.807, 2.05) is 0 Å². The molecular formula is C68H70. The maximum Gasteiger partial charge on any atom is -0.00359 e. The second-order valence-electron chi connectivity index (χ2n) is 22.7. The molecule has 0 radical (unpaired) electrons. The van der Waals surface area contributed by atoms with Crippen LogP contribution < -0.4 is 0 Å². The number of hydrogen-bond donors (Lipinski definition) is 0. The average Bonchev–Trinajstić information content (AvgIpc) is 3.74. The first-order chi connectivity index (χ1) is 32.3. The third-order valence-electron chi connectivity index (χ3n) is 13.3. The summed E-state index contributed by atoms with van der Waals surface area (Å²) < 4.78 is 0. The monoisotopic (exact) mass is 887 g/mol. The molecule has 11 rings (SSSR count). The fraction of sp³-hybridized carbons (Fsp3) is 0.235. The SMILES string of the molecule is CC(C)(C)c1ccc2c3c(cccc13)C=C2.CC(C)(C)c1cccc(-c2ccccc2)c1.CC(C)(C)c1cccc2cc3ccccc3cc12.CC(C)(C)c1cccc2ccc3ccccc3c12. The molecule has 342 valence electrons. The Balaban J connectivity index is 0.000000123. The molecule has 1 aliphatic rings. The third kappa shape index (κ3) is 10.5. The first-order valence-corrected chi connectivity index (χ1v) is 24.5. The third-order valence-corrected chi connectivity index (χ3v) is 13.3. The minimum absolute atomic E-state index is 0.170. The van der Waals surface area contributed by atoms with Crippen LogP contribution in [0, 0.1) is 0 Å². The lowest BCUT2D eigenvalue weighted by Gasteiger charge is -2.22. The molecule has 0 aromatic heterocycles. The molecular weight excluding hydrogens is 817 g/mol. The van der Waals surface area contributed by atoms with Crippen LogP contribution in [0.1, 0.15) is 116 Å². The molecule has 0 spiro atoms. The van der Waals surface area contributed by atoms with Crippen molar-refractivity contribution in [1.29, 1.82) is 0 Å². The Morgan fingerprint density at radius 1 is 0.250 bits per heavy atom. The van der Waals surface area contributed by atoms with Crippen LogP contribution in [-0.2, 0) is 21.7 Å². The van der Waals surface area contributed by atoms with E-state index in [4.69, 9.17) is 0 Å². The molecule has 0 amide bonds. The summed E-state index contributed by atoms with van der Waals surface area (Å²) in [5.74, 6) is 0. The minimum Gasteiger partial charge on any atom is -0.0622 e. The maximum atomic E-state index is 2.32. The normalized spacial score (nSPS) is 12.4. The molecule has 0 atom stereocenters. The molecule has 10 aromatic rings. The molecule has 0 saturated carbocycles. The number of hydrogen-bond acceptors (Lipinski definition) is 0. The van der Waals surface area contributed by atoms with Gasteiger partial charge >= 0.3 is 0 Å². The van der Waals surface area contributed by atoms with Crippen molar-refractivity contribution in [2.45, 2.75) is 105 Å². The van der Waals surface area contributed by atoms with Crippen molar-refractivity contribution in [2.75, 3.05) is 0 Å². The van der Waals surface area contributed by atoms with Gasteiger partial charge in [0.15, 0.2) is 0 Å². The molecule has 0 aliphatic heterocycles. The largest absolute Gasteiger partial charge is 0.0622 e. The minimum atomic E-state index is 0.170. The molecule has 0 nitrogen and oxygen atoms in total. The van der Waals surface area contributed by atoms with E-state index >= 15 is 0 Å². The highest BCUT2D eigenvalue weighted by Gasteiger charge is 2.21. The van der Waals surface area contributed by atoms with Gasteiger partial charge in [-0.1, -0.05) is 277 Å². The van der Waals surface area contributed by atoms with E-state index in [2.05, 4.69) is 289 Å². The standard InChI is InChI=1S/2C18H18.C16H16.C16H18/c1-18(2,3)16-10-6-8-14-12-11-13-7-4-5-9-15(13)17(14)16;1-18(2,3)17-10-6-9-15-11-13-7-4-5-8-14(13)12-16(15)17;1-16(2,3)14-10-9-12-8-7-11-5-4-6-13(14)15(11)12;1-16(2,3)15-11-7-10-14(12-15)13-8-5-4-6-9-13/h2*4-12H,1-3H3;4-10H,1-3H3;4-12H,1-3H3. The summed E-state index contributed by atoms with van der Waals surface area (Å²) in [6.07, 6.45) is 4.42. The summed E-state index contributed by atoms with van der Waals surface area (Å²) in [5, 5.41) is 13.6. The molecule has 68 heavy (non-hydrogen) atoms. The lowest BCUT2D eigenvalue weighted by Crippen LogP contribution is -2.11. The van der Waals surface area contributed by atoms with Crippen molar-refractivity contribution >= 4 is 66.0 Å². The second kappa shape index (κ2) is 19.1. The van der Waals surface area contributed by atoms with E-state index in [0.717, 1.165) is 0 Å². The van der Waals surface area contributed by atoms with Crippen LogP contribution in [-0.4, -0.2) is 0 Å². The van der Waals surface area contributed by atoms with Gasteiger partial charge in [0.05, 0.1) is 0 Å². The van der Waals surface area contributed by atoms with Gasteiger partial charge in [-0.05, 0) is 132 Å². The summed E-state index contributed by atoms with van der Waals surface area (Å²) in [5.41, 5.74) is 11.8. The van der Waals surface area contributed by atoms with Crippen LogP contribution in [0.25, 0.3) is 77.1 Å². The molecule has 0 heteroatoms. The van der Waals surface area contributed by atoms with E-state index in [-0.39, 0.29) is 21.7 Å². The Morgan fingerprint density at radius 2 is 0.735 bits per heavy atom. The van der Waals surface area contributed by atoms with Crippen LogP contribution >= 0.6 is 0 Å². The van der Waals surface area contributed by atoms with Crippen molar-refractivity contribution in [3.05, 3.63) is 228 Å². The second-order valence-corrected chi connectivity index (χ2v) is 22.7. The summed E-state index contributed by atoms with van der Waals surface area (Å²) in [7, 11) is 0. The maximum absolute atomic E-state index is 2.32. The van der Waals surface area contributed by atoms with E-state index in [1.165, 1.54) is 98.4 Å². The highest BCUT2D eigenvalue weighted by Crippen LogP contribution is 2.38. The highest BCUT2D eigenvalue weighted by molar-refractivity contribution is 6.09. The number of benzene rings is 10. The van der Waals surface area contributed by atoms with Crippen LogP contribution in [0.5, 0.6) is 0 Å². The van der Waals surface area contributed by atoms with Gasteiger partial charge in [-0.3, -0.25) is 0 Å². The van der Waals surface area contributed by atoms with Crippen LogP contribution in [0.2, 0.25) is 0 Å². The topological polar surface area (TPSA) is 0 Å². The van der Waals surface area contributed by atoms with Gasteiger partial charge < -0.3 is 0 Å². The summed E-state index contributed by atoms with van der Waals surface area (Å²) >= 11 is 0. The zero-order chi connectivity index (χ0) is 48.4. The Hall–Kier alpha value is -6.76. The van der Waals surface area contributed by atoms with Gasteiger partial charge in [0.1, 0.15) is 0 Å². The van der Waals surface area contributed by atoms with Gasteiger partial charge in [0.2, 0.25) is 0 Å². The fourth-order valence-electron chi connectivity index (χ4n) is 9.68. The molecule has 0 bridgehead atoms. The molecule has 0 heterocycles. The van der Waals surface area contributed by atoms with E-state index in [9.17, 15) is 0 Å². The van der Waals surface area contributed by atoms with Crippen LogP contribution in [0.4, 0.5) is 0 Å². The van der Waals surface area contributed by atoms with Gasteiger partial charge in [0.25, 0.3) is 0 Å². The summed E-state index contributed by atoms with van der Waals surface area (Å²) in [4.78, 5) is 0. The summed E-state index contributed by atoms with van der Waals surface area (Å²) in [6, 6.07) is 70.0. The van der Waals surface area contributed by atoms with Crippen molar-refractivity contribution in [3.8, 4) is 11.1 Å². The van der Waals surface area contributed by atoms with Crippen LogP contribution in [0.15, 0.2) is 194 Å². The lowest BCUT2D eigenvalue weighted by atomic mass is 9.82. The van der Waals surface area contributed by atoms with Crippen molar-refractivity contribution < 1.29 is 0 Å². The van der Waals surface area contributed by atoms with Crippen molar-refractivity contribution in [1.82, 2.24) is 0 Å². The Bertz CT molecular complexity index is 3380. The van der Waals surface area contributed by atoms with Crippen molar-refractivity contribution in [2.24, 2.45) is 0 Å². The summed E-state index contributed by atoms with van der Waals surface area (Å²) in [6.45, 7) is 27.2. The van der Waals surface area contributed by atoms with Crippen LogP contribution in [0.3, 0.4) is 0 Å². The van der Waals surface area contributed by atoms with E-state index in [0.29, 0.717) is 0 Å². The van der Waals surface area contributed by atoms with E-state index < -0.39 is 0 Å². The molecule has 0 saturated heterocycles. The van der Waals surface area contributed by atoms with Crippen molar-refractivity contribution in [3.63, 3.8) is 0 Å². The van der Waals surface area contributed by atoms with Gasteiger partial charge in [-0.15, -0.1) is 0 Å².